The van der Waals surface area contributed by atoms with Crippen LogP contribution in [0.15, 0.2) is 88.6 Å². The summed E-state index contributed by atoms with van der Waals surface area (Å²) in [5.41, 5.74) is -2.99. The molecule has 23 nitrogen and oxygen atoms in total. The van der Waals surface area contributed by atoms with Crippen molar-refractivity contribution < 1.29 is 75.1 Å². The van der Waals surface area contributed by atoms with E-state index in [2.05, 4.69) is 44.5 Å². The Morgan fingerprint density at radius 3 is 1.94 bits per heavy atom. The Kier molecular flexibility index (Phi) is 12.2. The van der Waals surface area contributed by atoms with Crippen LogP contribution < -0.4 is 5.32 Å². The van der Waals surface area contributed by atoms with Crippen LogP contribution in [0, 0.1) is 10.1 Å². The molecule has 0 radical (unpaired) electrons. The molecule has 0 atom stereocenters. The second-order valence-corrected chi connectivity index (χ2v) is 13.6. The zero-order valence-corrected chi connectivity index (χ0v) is 27.9. The number of benzene rings is 4. The second-order valence-electron chi connectivity index (χ2n) is 9.32. The first-order valence-corrected chi connectivity index (χ1v) is 17.2. The molecule has 27 heteroatoms. The Hall–Kier alpha value is -4.91. The molecule has 7 N–H and O–H groups in total. The van der Waals surface area contributed by atoms with Gasteiger partial charge in [0.25, 0.3) is 25.9 Å². The first-order valence-electron chi connectivity index (χ1n) is 12.8. The summed E-state index contributed by atoms with van der Waals surface area (Å²) in [7, 11) is -10.2. The molecule has 0 aliphatic heterocycles. The number of nitrogens with zero attached hydrogens (tertiary/aromatic N) is 5. The topological polar surface area (TPSA) is 348 Å². The van der Waals surface area contributed by atoms with Gasteiger partial charge < -0.3 is 15.5 Å². The van der Waals surface area contributed by atoms with E-state index in [1.807, 2.05) is 0 Å². The third-order valence-corrected chi connectivity index (χ3v) is 9.07. The van der Waals surface area contributed by atoms with Gasteiger partial charge in [0.1, 0.15) is 32.5 Å². The first kappa shape index (κ1) is 38.9. The zero-order valence-electron chi connectivity index (χ0n) is 24.7. The largest absolute Gasteiger partial charge is 0.505 e. The number of nitro groups is 1. The minimum absolute atomic E-state index is 0.0534. The number of azo groups is 2. The number of nitrogens with one attached hydrogen (secondary N) is 1. The quantitative estimate of drug-likeness (QED) is 0.0184. The Balaban J connectivity index is 1.96. The lowest BCUT2D eigenvalue weighted by Crippen LogP contribution is -2.07. The van der Waals surface area contributed by atoms with Gasteiger partial charge in [-0.15, -0.1) is 29.1 Å². The number of hydrogen-bond acceptors (Lipinski definition) is 21. The summed E-state index contributed by atoms with van der Waals surface area (Å²) in [6.45, 7) is 1.14. The molecule has 4 aromatic carbocycles. The number of anilines is 1. The number of aromatic hydroxyl groups is 2. The maximum absolute atomic E-state index is 12.4. The minimum Gasteiger partial charge on any atom is -0.505 e. The molecule has 0 aliphatic rings. The van der Waals surface area contributed by atoms with Crippen molar-refractivity contribution in [3.05, 3.63) is 58.6 Å². The van der Waals surface area contributed by atoms with Crippen LogP contribution in [0.5, 0.6) is 11.5 Å². The lowest BCUT2D eigenvalue weighted by molar-refractivity contribution is -0.432. The second kappa shape index (κ2) is 16.0. The van der Waals surface area contributed by atoms with Crippen molar-refractivity contribution in [3.8, 4) is 11.5 Å². The highest BCUT2D eigenvalue weighted by molar-refractivity contribution is 7.95. The molecule has 4 rings (SSSR count). The van der Waals surface area contributed by atoms with Crippen LogP contribution in [-0.4, -0.2) is 57.5 Å². The summed E-state index contributed by atoms with van der Waals surface area (Å²) in [5, 5.41) is 74.2. The number of hydrogen-bond donors (Lipinski definition) is 7. The summed E-state index contributed by atoms with van der Waals surface area (Å²) in [5.74, 6) is -2.75. The van der Waals surface area contributed by atoms with Gasteiger partial charge in [0.15, 0.2) is 11.5 Å². The molecule has 0 saturated heterocycles. The van der Waals surface area contributed by atoms with Crippen molar-refractivity contribution in [2.24, 2.45) is 20.5 Å². The fourth-order valence-corrected chi connectivity index (χ4v) is 6.34. The molecule has 0 aromatic heterocycles. The van der Waals surface area contributed by atoms with Crippen LogP contribution in [0.4, 0.5) is 34.1 Å². The molecule has 0 fully saturated rings. The molecule has 0 bridgehead atoms. The molecule has 0 heterocycles. The van der Waals surface area contributed by atoms with Crippen LogP contribution >= 0.6 is 24.1 Å². The minimum atomic E-state index is -5.24. The highest BCUT2D eigenvalue weighted by Gasteiger charge is 2.27. The number of phenolic OH excluding ortho intramolecular Hbond substituents is 2. The van der Waals surface area contributed by atoms with E-state index in [1.54, 1.807) is 0 Å². The van der Waals surface area contributed by atoms with E-state index < -0.39 is 80.5 Å². The van der Waals surface area contributed by atoms with E-state index in [9.17, 15) is 51.1 Å². The molecule has 0 saturated carbocycles. The van der Waals surface area contributed by atoms with Gasteiger partial charge in [-0.1, -0.05) is 10.1 Å². The lowest BCUT2D eigenvalue weighted by Gasteiger charge is -2.13. The van der Waals surface area contributed by atoms with Gasteiger partial charge in [-0.05, 0) is 41.8 Å². The smallest absolute Gasteiger partial charge is 0.296 e. The molecular weight excluding hydrogens is 773 g/mol. The molecule has 0 unspecified atom stereocenters. The average Bonchev–Trinajstić information content (AvgIpc) is 3.04. The molecule has 1 amide bonds. The average molecular weight is 791 g/mol. The highest BCUT2D eigenvalue weighted by Crippen LogP contribution is 2.51. The highest BCUT2D eigenvalue weighted by atomic mass is 32.2. The van der Waals surface area contributed by atoms with Crippen molar-refractivity contribution >= 4 is 95.1 Å². The molecule has 51 heavy (non-hydrogen) atoms. The molecule has 0 spiro atoms. The third-order valence-electron chi connectivity index (χ3n) is 6.06. The normalized spacial score (nSPS) is 12.3. The van der Waals surface area contributed by atoms with Gasteiger partial charge in [0.05, 0.1) is 44.2 Å². The Morgan fingerprint density at radius 1 is 0.784 bits per heavy atom. The number of fused-ring (bicyclic) bond motifs is 1. The Morgan fingerprint density at radius 2 is 1.35 bits per heavy atom. The third kappa shape index (κ3) is 9.26. The number of carbonyl (C=O) groups excluding carboxylic acids is 1. The van der Waals surface area contributed by atoms with E-state index in [0.29, 0.717) is 6.07 Å². The van der Waals surface area contributed by atoms with Crippen LogP contribution in [0.3, 0.4) is 0 Å². The zero-order chi connectivity index (χ0) is 37.7. The number of nitro benzene ring substituents is 1. The lowest BCUT2D eigenvalue weighted by atomic mass is 10.1. The predicted molar refractivity (Wildman–Crippen MR) is 170 cm³/mol. The van der Waals surface area contributed by atoms with Crippen molar-refractivity contribution in [3.63, 3.8) is 0 Å². The first-order chi connectivity index (χ1) is 24.0. The number of phenols is 2. The van der Waals surface area contributed by atoms with Crippen LogP contribution in [0.1, 0.15) is 6.92 Å². The van der Waals surface area contributed by atoms with Crippen molar-refractivity contribution in [2.45, 2.75) is 26.5 Å². The monoisotopic (exact) mass is 790 g/mol. The SMILES string of the molecule is CC(=O)Nc1ccc(/N=N/c2c(SOOO)cc3cc(S(=O)(=O)O)c(/N=N/c4ccc([N+](=O)[O-])cc4SOOO)c(O)c3c2O)c(S(=O)(=O)O)c1. The standard InChI is InChI=1S/C24H18N6O17S4/c1-10(31)25-12-2-4-15(18(8-12)50(38,39)40)27-28-21-17(49-47-45-37)6-11-7-19(51(41,42)43)22(24(33)20(11)23(21)32)29-26-14-5-3-13(30(34)35)9-16(14)48-46-44-36/h2-9,32-33,36-37H,1H3,(H,25,31)(H,38,39,40)(H,41,42,43)/b28-27+,29-26+. The van der Waals surface area contributed by atoms with Crippen molar-refractivity contribution in [1.29, 1.82) is 0 Å². The number of non-ortho nitro benzene ring substituents is 1. The van der Waals surface area contributed by atoms with Crippen LogP contribution in [0.2, 0.25) is 0 Å². The Labute approximate surface area is 291 Å². The van der Waals surface area contributed by atoms with Gasteiger partial charge in [-0.3, -0.25) is 24.0 Å². The van der Waals surface area contributed by atoms with E-state index in [1.165, 1.54) is 6.07 Å². The number of rotatable bonds is 14. The maximum Gasteiger partial charge on any atom is 0.296 e. The van der Waals surface area contributed by atoms with Crippen LogP contribution in [0.25, 0.3) is 10.8 Å². The van der Waals surface area contributed by atoms with E-state index in [0.717, 1.165) is 43.3 Å². The van der Waals surface area contributed by atoms with Crippen molar-refractivity contribution in [2.75, 3.05) is 5.32 Å². The fraction of sp³-hybridized carbons (Fsp3) is 0.0417. The summed E-state index contributed by atoms with van der Waals surface area (Å²) in [4.78, 5) is 19.3. The maximum atomic E-state index is 12.4. The fourth-order valence-electron chi connectivity index (χ4n) is 4.08. The predicted octanol–water partition coefficient (Wildman–Crippen LogP) is 6.30. The molecule has 270 valence electrons. The van der Waals surface area contributed by atoms with E-state index in [4.69, 9.17) is 10.5 Å². The van der Waals surface area contributed by atoms with Gasteiger partial charge in [-0.2, -0.15) is 16.8 Å². The molecular formula is C24H18N6O17S4. The number of amides is 1. The summed E-state index contributed by atoms with van der Waals surface area (Å²) >= 11 is 0.360. The van der Waals surface area contributed by atoms with Gasteiger partial charge in [-0.25, -0.2) is 10.5 Å². The van der Waals surface area contributed by atoms with Crippen molar-refractivity contribution in [1.82, 2.24) is 0 Å². The van der Waals surface area contributed by atoms with Gasteiger partial charge >= 0.3 is 0 Å². The summed E-state index contributed by atoms with van der Waals surface area (Å²) in [6, 6.07) is 7.65. The van der Waals surface area contributed by atoms with Gasteiger partial charge in [0.2, 0.25) is 5.91 Å². The van der Waals surface area contributed by atoms with E-state index in [-0.39, 0.29) is 50.6 Å². The molecule has 0 aliphatic carbocycles. The molecule has 4 aromatic rings. The van der Waals surface area contributed by atoms with E-state index >= 15 is 0 Å². The van der Waals surface area contributed by atoms with Crippen LogP contribution in [-0.2, 0) is 43.8 Å². The van der Waals surface area contributed by atoms with Gasteiger partial charge in [0, 0.05) is 24.7 Å². The summed E-state index contributed by atoms with van der Waals surface area (Å²) < 4.78 is 77.3. The Bertz CT molecular complexity index is 2320. The number of carbonyl (C=O) groups is 1. The summed E-state index contributed by atoms with van der Waals surface area (Å²) in [6.07, 6.45) is 0.